The number of aromatic hydroxyl groups is 1. The van der Waals surface area contributed by atoms with E-state index in [-0.39, 0.29) is 24.2 Å². The molecule has 0 radical (unpaired) electrons. The second kappa shape index (κ2) is 6.12. The first-order chi connectivity index (χ1) is 6.15. The fourth-order valence-electron chi connectivity index (χ4n) is 1.23. The summed E-state index contributed by atoms with van der Waals surface area (Å²) < 4.78 is 0. The number of rotatable bonds is 3. The van der Waals surface area contributed by atoms with Crippen molar-refractivity contribution in [3.8, 4) is 5.75 Å². The minimum Gasteiger partial charge on any atom is -0.506 e. The van der Waals surface area contributed by atoms with Gasteiger partial charge in [0.1, 0.15) is 5.75 Å². The van der Waals surface area contributed by atoms with Crippen molar-refractivity contribution < 1.29 is 5.11 Å². The smallest absolute Gasteiger partial charge is 0.134 e. The molecule has 1 aromatic carbocycles. The zero-order chi connectivity index (χ0) is 9.84. The molecule has 0 aliphatic carbocycles. The maximum Gasteiger partial charge on any atom is 0.134 e. The number of benzene rings is 1. The van der Waals surface area contributed by atoms with Crippen molar-refractivity contribution in [3.05, 3.63) is 28.8 Å². The lowest BCUT2D eigenvalue weighted by atomic mass is 10.0. The van der Waals surface area contributed by atoms with Crippen LogP contribution in [0.4, 0.5) is 0 Å². The minimum absolute atomic E-state index is 0. The zero-order valence-electron chi connectivity index (χ0n) is 8.03. The number of hydrogen-bond donors (Lipinski definition) is 2. The van der Waals surface area contributed by atoms with E-state index in [1.54, 1.807) is 12.1 Å². The molecule has 1 rings (SSSR count). The molecule has 80 valence electrons. The summed E-state index contributed by atoms with van der Waals surface area (Å²) in [4.78, 5) is 0. The maximum atomic E-state index is 9.18. The van der Waals surface area contributed by atoms with Crippen LogP contribution < -0.4 is 5.73 Å². The largest absolute Gasteiger partial charge is 0.506 e. The van der Waals surface area contributed by atoms with Crippen LogP contribution in [-0.4, -0.2) is 5.11 Å². The average Bonchev–Trinajstić information content (AvgIpc) is 2.10. The highest BCUT2D eigenvalue weighted by Crippen LogP contribution is 2.27. The number of phenols is 1. The first kappa shape index (κ1) is 13.6. The molecule has 0 unspecified atom stereocenters. The molecule has 4 heteroatoms. The van der Waals surface area contributed by atoms with Crippen LogP contribution in [0.25, 0.3) is 0 Å². The molecule has 3 N–H and O–H groups in total. The monoisotopic (exact) mass is 235 g/mol. The molecule has 0 heterocycles. The lowest BCUT2D eigenvalue weighted by Gasteiger charge is -2.11. The summed E-state index contributed by atoms with van der Waals surface area (Å²) in [5.41, 5.74) is 6.86. The maximum absolute atomic E-state index is 9.18. The van der Waals surface area contributed by atoms with E-state index in [0.717, 1.165) is 18.4 Å². The quantitative estimate of drug-likeness (QED) is 0.845. The van der Waals surface area contributed by atoms with Gasteiger partial charge in [-0.1, -0.05) is 31.0 Å². The van der Waals surface area contributed by atoms with E-state index in [9.17, 15) is 5.11 Å². The van der Waals surface area contributed by atoms with Gasteiger partial charge in [-0.25, -0.2) is 0 Å². The molecule has 0 spiro atoms. The molecule has 0 fully saturated rings. The molecule has 0 bridgehead atoms. The molecule has 0 saturated heterocycles. The van der Waals surface area contributed by atoms with E-state index in [4.69, 9.17) is 17.3 Å². The van der Waals surface area contributed by atoms with Gasteiger partial charge in [-0.15, -0.1) is 12.4 Å². The van der Waals surface area contributed by atoms with Gasteiger partial charge >= 0.3 is 0 Å². The summed E-state index contributed by atoms with van der Waals surface area (Å²) in [5.74, 6) is 0.106. The lowest BCUT2D eigenvalue weighted by molar-refractivity contribution is 0.475. The zero-order valence-corrected chi connectivity index (χ0v) is 9.61. The van der Waals surface area contributed by atoms with Gasteiger partial charge in [-0.3, -0.25) is 0 Å². The standard InChI is InChI=1S/C10H14ClNO.ClH/c1-2-3-9(12)7-4-5-10(13)8(11)6-7;/h4-6,9,13H,2-3,12H2,1H3;1H/t9-;/m1./s1. The number of phenolic OH excluding ortho intramolecular Hbond substituents is 1. The van der Waals surface area contributed by atoms with Crippen molar-refractivity contribution >= 4 is 24.0 Å². The molecule has 0 amide bonds. The number of hydrogen-bond acceptors (Lipinski definition) is 2. The van der Waals surface area contributed by atoms with Gasteiger partial charge in [0.25, 0.3) is 0 Å². The molecular weight excluding hydrogens is 221 g/mol. The molecule has 0 aliphatic rings. The van der Waals surface area contributed by atoms with Gasteiger partial charge in [0.2, 0.25) is 0 Å². The van der Waals surface area contributed by atoms with Crippen molar-refractivity contribution in [1.29, 1.82) is 0 Å². The second-order valence-corrected chi connectivity index (χ2v) is 3.51. The summed E-state index contributed by atoms with van der Waals surface area (Å²) in [7, 11) is 0. The van der Waals surface area contributed by atoms with Crippen molar-refractivity contribution in [3.63, 3.8) is 0 Å². The van der Waals surface area contributed by atoms with Crippen molar-refractivity contribution in [2.45, 2.75) is 25.8 Å². The van der Waals surface area contributed by atoms with E-state index in [1.165, 1.54) is 0 Å². The topological polar surface area (TPSA) is 46.2 Å². The van der Waals surface area contributed by atoms with Crippen LogP contribution in [0.1, 0.15) is 31.4 Å². The highest BCUT2D eigenvalue weighted by molar-refractivity contribution is 6.32. The Morgan fingerprint density at radius 1 is 1.50 bits per heavy atom. The highest BCUT2D eigenvalue weighted by atomic mass is 35.5. The van der Waals surface area contributed by atoms with Crippen LogP contribution in [0.5, 0.6) is 5.75 Å². The summed E-state index contributed by atoms with van der Waals surface area (Å²) in [6.07, 6.45) is 1.97. The third-order valence-electron chi connectivity index (χ3n) is 2.00. The minimum atomic E-state index is 0. The van der Waals surface area contributed by atoms with Crippen molar-refractivity contribution in [2.75, 3.05) is 0 Å². The highest BCUT2D eigenvalue weighted by Gasteiger charge is 2.06. The van der Waals surface area contributed by atoms with Gasteiger partial charge in [-0.2, -0.15) is 0 Å². The summed E-state index contributed by atoms with van der Waals surface area (Å²) in [5, 5.41) is 9.55. The lowest BCUT2D eigenvalue weighted by Crippen LogP contribution is -2.09. The van der Waals surface area contributed by atoms with E-state index in [1.807, 2.05) is 6.07 Å². The van der Waals surface area contributed by atoms with Gasteiger partial charge in [0.15, 0.2) is 0 Å². The first-order valence-corrected chi connectivity index (χ1v) is 4.77. The van der Waals surface area contributed by atoms with E-state index in [0.29, 0.717) is 5.02 Å². The Bertz CT molecular complexity index is 291. The van der Waals surface area contributed by atoms with E-state index in [2.05, 4.69) is 6.92 Å². The fourth-order valence-corrected chi connectivity index (χ4v) is 1.42. The second-order valence-electron chi connectivity index (χ2n) is 3.11. The van der Waals surface area contributed by atoms with Gasteiger partial charge in [0.05, 0.1) is 5.02 Å². The molecule has 14 heavy (non-hydrogen) atoms. The van der Waals surface area contributed by atoms with Crippen LogP contribution in [0, 0.1) is 0 Å². The molecule has 1 atom stereocenters. The summed E-state index contributed by atoms with van der Waals surface area (Å²) in [6.45, 7) is 2.09. The molecular formula is C10H15Cl2NO. The third-order valence-corrected chi connectivity index (χ3v) is 2.30. The normalized spacial score (nSPS) is 11.9. The fraction of sp³-hybridized carbons (Fsp3) is 0.400. The van der Waals surface area contributed by atoms with Crippen LogP contribution in [0.2, 0.25) is 5.02 Å². The SMILES string of the molecule is CCC[C@@H](N)c1ccc(O)c(Cl)c1.Cl. The van der Waals surface area contributed by atoms with E-state index >= 15 is 0 Å². The molecule has 0 aromatic heterocycles. The van der Waals surface area contributed by atoms with Crippen LogP contribution in [-0.2, 0) is 0 Å². The van der Waals surface area contributed by atoms with Crippen molar-refractivity contribution in [2.24, 2.45) is 5.73 Å². The van der Waals surface area contributed by atoms with Gasteiger partial charge in [-0.05, 0) is 24.1 Å². The average molecular weight is 236 g/mol. The van der Waals surface area contributed by atoms with Crippen LogP contribution >= 0.6 is 24.0 Å². The molecule has 0 aliphatic heterocycles. The van der Waals surface area contributed by atoms with Crippen LogP contribution in [0.15, 0.2) is 18.2 Å². The van der Waals surface area contributed by atoms with Crippen molar-refractivity contribution in [1.82, 2.24) is 0 Å². The summed E-state index contributed by atoms with van der Waals surface area (Å²) in [6, 6.07) is 5.12. The molecule has 1 aromatic rings. The van der Waals surface area contributed by atoms with Crippen LogP contribution in [0.3, 0.4) is 0 Å². The Balaban J connectivity index is 0.00000169. The Labute approximate surface area is 95.5 Å². The molecule has 2 nitrogen and oxygen atoms in total. The van der Waals surface area contributed by atoms with Gasteiger partial charge in [0, 0.05) is 6.04 Å². The Kier molecular flexibility index (Phi) is 5.93. The van der Waals surface area contributed by atoms with E-state index < -0.39 is 0 Å². The summed E-state index contributed by atoms with van der Waals surface area (Å²) >= 11 is 5.75. The Morgan fingerprint density at radius 3 is 2.64 bits per heavy atom. The third kappa shape index (κ3) is 3.37. The Morgan fingerprint density at radius 2 is 2.14 bits per heavy atom. The number of nitrogens with two attached hydrogens (primary N) is 1. The Hall–Kier alpha value is -0.440. The predicted octanol–water partition coefficient (Wildman–Crippen LogP) is 3.27. The molecule has 0 saturated carbocycles. The van der Waals surface area contributed by atoms with Gasteiger partial charge < -0.3 is 10.8 Å². The predicted molar refractivity (Wildman–Crippen MR) is 62.2 cm³/mol. The number of halogens is 2. The first-order valence-electron chi connectivity index (χ1n) is 4.39.